The minimum absolute atomic E-state index is 0.0795. The molecule has 0 saturated carbocycles. The van der Waals surface area contributed by atoms with Gasteiger partial charge >= 0.3 is 0 Å². The highest BCUT2D eigenvalue weighted by Crippen LogP contribution is 2.17. The smallest absolute Gasteiger partial charge is 0.267 e. The summed E-state index contributed by atoms with van der Waals surface area (Å²) in [6.07, 6.45) is 8.63. The van der Waals surface area contributed by atoms with Gasteiger partial charge in [-0.2, -0.15) is 5.10 Å². The molecule has 4 rings (SSSR count). The summed E-state index contributed by atoms with van der Waals surface area (Å²) < 4.78 is 1.70. The highest BCUT2D eigenvalue weighted by atomic mass is 16.1. The standard InChI is InChI=1S/C21H35N5O/c27-21-18-19-6-2-3-7-20(19)22-26(21)17-16-25-14-12-24(13-15-25)11-10-23-8-4-1-5-9-23/h18H,1-17H2. The molecule has 1 aromatic heterocycles. The van der Waals surface area contributed by atoms with Gasteiger partial charge in [0.2, 0.25) is 0 Å². The molecule has 6 heteroatoms. The van der Waals surface area contributed by atoms with Gasteiger partial charge in [-0.05, 0) is 57.2 Å². The predicted molar refractivity (Wildman–Crippen MR) is 108 cm³/mol. The van der Waals surface area contributed by atoms with Crippen molar-refractivity contribution in [2.24, 2.45) is 0 Å². The van der Waals surface area contributed by atoms with Gasteiger partial charge in [0.1, 0.15) is 0 Å². The highest BCUT2D eigenvalue weighted by Gasteiger charge is 2.19. The van der Waals surface area contributed by atoms with Crippen molar-refractivity contribution in [3.63, 3.8) is 0 Å². The Morgan fingerprint density at radius 2 is 1.30 bits per heavy atom. The number of piperazine rings is 1. The molecule has 0 aromatic carbocycles. The van der Waals surface area contributed by atoms with Gasteiger partial charge in [-0.1, -0.05) is 6.42 Å². The van der Waals surface area contributed by atoms with E-state index in [4.69, 9.17) is 0 Å². The monoisotopic (exact) mass is 373 g/mol. The largest absolute Gasteiger partial charge is 0.302 e. The molecule has 0 N–H and O–H groups in total. The molecule has 0 atom stereocenters. The number of hydrogen-bond acceptors (Lipinski definition) is 5. The van der Waals surface area contributed by atoms with Crippen molar-refractivity contribution in [2.75, 3.05) is 58.9 Å². The number of nitrogens with zero attached hydrogens (tertiary/aromatic N) is 5. The fourth-order valence-electron chi connectivity index (χ4n) is 4.70. The van der Waals surface area contributed by atoms with Crippen LogP contribution >= 0.6 is 0 Å². The number of aromatic nitrogens is 2. The maximum Gasteiger partial charge on any atom is 0.267 e. The summed E-state index contributed by atoms with van der Waals surface area (Å²) in [5.74, 6) is 0. The first kappa shape index (κ1) is 19.1. The molecule has 150 valence electrons. The number of rotatable bonds is 6. The zero-order valence-electron chi connectivity index (χ0n) is 16.7. The molecule has 0 amide bonds. The van der Waals surface area contributed by atoms with E-state index in [1.807, 2.05) is 6.07 Å². The zero-order valence-corrected chi connectivity index (χ0v) is 16.7. The van der Waals surface area contributed by atoms with E-state index in [1.165, 1.54) is 63.8 Å². The van der Waals surface area contributed by atoms with E-state index in [9.17, 15) is 4.79 Å². The van der Waals surface area contributed by atoms with Gasteiger partial charge in [-0.3, -0.25) is 14.6 Å². The van der Waals surface area contributed by atoms with Crippen molar-refractivity contribution < 1.29 is 0 Å². The number of fused-ring (bicyclic) bond motifs is 1. The van der Waals surface area contributed by atoms with Gasteiger partial charge < -0.3 is 4.90 Å². The number of hydrogen-bond donors (Lipinski definition) is 0. The first-order valence-corrected chi connectivity index (χ1v) is 11.0. The van der Waals surface area contributed by atoms with Crippen LogP contribution in [0, 0.1) is 0 Å². The number of aryl methyl sites for hydroxylation is 2. The Morgan fingerprint density at radius 3 is 2.00 bits per heavy atom. The number of piperidine rings is 1. The number of likely N-dealkylation sites (tertiary alicyclic amines) is 1. The van der Waals surface area contributed by atoms with Crippen LogP contribution in [-0.4, -0.2) is 83.4 Å². The van der Waals surface area contributed by atoms with Gasteiger partial charge in [-0.15, -0.1) is 0 Å². The first-order valence-electron chi connectivity index (χ1n) is 11.0. The van der Waals surface area contributed by atoms with Crippen LogP contribution in [0.1, 0.15) is 43.4 Å². The van der Waals surface area contributed by atoms with Crippen molar-refractivity contribution in [2.45, 2.75) is 51.5 Å². The van der Waals surface area contributed by atoms with E-state index in [-0.39, 0.29) is 5.56 Å². The Kier molecular flexibility index (Phi) is 6.58. The molecule has 1 aromatic rings. The molecule has 3 heterocycles. The summed E-state index contributed by atoms with van der Waals surface area (Å²) in [6, 6.07) is 1.83. The lowest BCUT2D eigenvalue weighted by Crippen LogP contribution is -2.49. The minimum Gasteiger partial charge on any atom is -0.302 e. The normalized spacial score (nSPS) is 22.7. The fourth-order valence-corrected chi connectivity index (χ4v) is 4.70. The highest BCUT2D eigenvalue weighted by molar-refractivity contribution is 5.20. The van der Waals surface area contributed by atoms with Crippen LogP contribution in [0.3, 0.4) is 0 Å². The summed E-state index contributed by atoms with van der Waals surface area (Å²) in [6.45, 7) is 11.2. The molecule has 0 radical (unpaired) electrons. The van der Waals surface area contributed by atoms with Crippen LogP contribution in [0.2, 0.25) is 0 Å². The van der Waals surface area contributed by atoms with Crippen LogP contribution in [0.25, 0.3) is 0 Å². The SMILES string of the molecule is O=c1cc2c(nn1CCN1CCN(CCN3CCCCC3)CC1)CCCC2. The van der Waals surface area contributed by atoms with Crippen LogP contribution in [0.5, 0.6) is 0 Å². The first-order chi connectivity index (χ1) is 13.3. The summed E-state index contributed by atoms with van der Waals surface area (Å²) in [5.41, 5.74) is 2.42. The third-order valence-corrected chi connectivity index (χ3v) is 6.55. The van der Waals surface area contributed by atoms with E-state index in [0.717, 1.165) is 57.8 Å². The molecule has 2 aliphatic heterocycles. The summed E-state index contributed by atoms with van der Waals surface area (Å²) in [7, 11) is 0. The molecular weight excluding hydrogens is 338 g/mol. The van der Waals surface area contributed by atoms with Gasteiger partial charge in [-0.25, -0.2) is 4.68 Å². The molecule has 0 unspecified atom stereocenters. The van der Waals surface area contributed by atoms with Crippen LogP contribution < -0.4 is 5.56 Å². The Balaban J connectivity index is 1.20. The molecule has 0 bridgehead atoms. The molecule has 1 aliphatic carbocycles. The van der Waals surface area contributed by atoms with E-state index in [1.54, 1.807) is 4.68 Å². The predicted octanol–water partition coefficient (Wildman–Crippen LogP) is 1.23. The molecule has 6 nitrogen and oxygen atoms in total. The lowest BCUT2D eigenvalue weighted by Gasteiger charge is -2.36. The third kappa shape index (κ3) is 5.18. The van der Waals surface area contributed by atoms with E-state index < -0.39 is 0 Å². The second-order valence-electron chi connectivity index (χ2n) is 8.47. The minimum atomic E-state index is 0.0795. The van der Waals surface area contributed by atoms with Gasteiger partial charge in [0.25, 0.3) is 5.56 Å². The van der Waals surface area contributed by atoms with E-state index in [0.29, 0.717) is 0 Å². The van der Waals surface area contributed by atoms with E-state index in [2.05, 4.69) is 19.8 Å². The van der Waals surface area contributed by atoms with E-state index >= 15 is 0 Å². The Hall–Kier alpha value is -1.24. The van der Waals surface area contributed by atoms with Gasteiger partial charge in [0.15, 0.2) is 0 Å². The molecular formula is C21H35N5O. The van der Waals surface area contributed by atoms with Crippen LogP contribution in [0.15, 0.2) is 10.9 Å². The van der Waals surface area contributed by atoms with Crippen molar-refractivity contribution in [1.82, 2.24) is 24.5 Å². The summed E-state index contributed by atoms with van der Waals surface area (Å²) in [5, 5.41) is 4.65. The van der Waals surface area contributed by atoms with Crippen molar-refractivity contribution in [1.29, 1.82) is 0 Å². The Bertz CT molecular complexity index is 659. The lowest BCUT2D eigenvalue weighted by atomic mass is 9.97. The Morgan fingerprint density at radius 1 is 0.704 bits per heavy atom. The summed E-state index contributed by atoms with van der Waals surface area (Å²) >= 11 is 0. The van der Waals surface area contributed by atoms with Crippen molar-refractivity contribution in [3.8, 4) is 0 Å². The van der Waals surface area contributed by atoms with Crippen molar-refractivity contribution in [3.05, 3.63) is 27.7 Å². The average Bonchev–Trinajstić information content (AvgIpc) is 2.72. The molecule has 0 spiro atoms. The second-order valence-corrected chi connectivity index (χ2v) is 8.47. The lowest BCUT2D eigenvalue weighted by molar-refractivity contribution is 0.110. The van der Waals surface area contributed by atoms with Crippen molar-refractivity contribution >= 4 is 0 Å². The maximum absolute atomic E-state index is 12.3. The van der Waals surface area contributed by atoms with Crippen LogP contribution in [0.4, 0.5) is 0 Å². The third-order valence-electron chi connectivity index (χ3n) is 6.55. The Labute approximate surface area is 163 Å². The fraction of sp³-hybridized carbons (Fsp3) is 0.810. The van der Waals surface area contributed by atoms with Gasteiger partial charge in [0, 0.05) is 51.9 Å². The second kappa shape index (κ2) is 9.30. The van der Waals surface area contributed by atoms with Crippen LogP contribution in [-0.2, 0) is 19.4 Å². The molecule has 3 aliphatic rings. The zero-order chi connectivity index (χ0) is 18.5. The van der Waals surface area contributed by atoms with Gasteiger partial charge in [0.05, 0.1) is 12.2 Å². The molecule has 2 fully saturated rings. The summed E-state index contributed by atoms with van der Waals surface area (Å²) in [4.78, 5) is 20.0. The topological polar surface area (TPSA) is 44.6 Å². The quantitative estimate of drug-likeness (QED) is 0.750. The molecule has 2 saturated heterocycles. The maximum atomic E-state index is 12.3. The average molecular weight is 374 g/mol. The molecule has 27 heavy (non-hydrogen) atoms.